The summed E-state index contributed by atoms with van der Waals surface area (Å²) in [6, 6.07) is 8.70. The van der Waals surface area contributed by atoms with Crippen molar-refractivity contribution >= 4 is 11.9 Å². The van der Waals surface area contributed by atoms with Gasteiger partial charge in [-0.2, -0.15) is 0 Å². The van der Waals surface area contributed by atoms with Gasteiger partial charge in [-0.1, -0.05) is 30.3 Å². The Kier molecular flexibility index (Phi) is 4.12. The Morgan fingerprint density at radius 2 is 1.96 bits per heavy atom. The quantitative estimate of drug-likeness (QED) is 0.661. The molecule has 23 heavy (non-hydrogen) atoms. The number of hydrogen-bond acceptors (Lipinski definition) is 4. The van der Waals surface area contributed by atoms with Gasteiger partial charge in [0, 0.05) is 35.8 Å². The maximum atomic E-state index is 11.3. The number of aromatic nitrogens is 2. The van der Waals surface area contributed by atoms with Crippen molar-refractivity contribution in [1.29, 1.82) is 0 Å². The summed E-state index contributed by atoms with van der Waals surface area (Å²) in [6.07, 6.45) is 1.46. The second-order valence-corrected chi connectivity index (χ2v) is 5.65. The Bertz CT molecular complexity index is 713. The third-order valence-electron chi connectivity index (χ3n) is 4.22. The molecule has 3 rings (SSSR count). The first-order valence-electron chi connectivity index (χ1n) is 7.34. The molecule has 0 aliphatic carbocycles. The summed E-state index contributed by atoms with van der Waals surface area (Å²) in [7, 11) is 0. The van der Waals surface area contributed by atoms with Crippen molar-refractivity contribution in [2.75, 3.05) is 6.54 Å². The lowest BCUT2D eigenvalue weighted by Gasteiger charge is -2.18. The first-order chi connectivity index (χ1) is 11.1. The van der Waals surface area contributed by atoms with Crippen LogP contribution in [0.5, 0.6) is 0 Å². The number of imidazole rings is 1. The van der Waals surface area contributed by atoms with E-state index in [1.54, 1.807) is 6.20 Å². The van der Waals surface area contributed by atoms with Crippen molar-refractivity contribution in [3.05, 3.63) is 42.2 Å². The van der Waals surface area contributed by atoms with Crippen LogP contribution in [0.25, 0.3) is 11.4 Å². The maximum absolute atomic E-state index is 11.3. The smallest absolute Gasteiger partial charge is 0.321 e. The van der Waals surface area contributed by atoms with Gasteiger partial charge in [0.05, 0.1) is 6.42 Å². The fourth-order valence-electron chi connectivity index (χ4n) is 3.13. The lowest BCUT2D eigenvalue weighted by molar-refractivity contribution is -0.142. The van der Waals surface area contributed by atoms with E-state index in [-0.39, 0.29) is 12.3 Å². The predicted molar refractivity (Wildman–Crippen MR) is 81.9 cm³/mol. The molecule has 2 aromatic rings. The summed E-state index contributed by atoms with van der Waals surface area (Å²) < 4.78 is 0. The number of H-pyrrole nitrogens is 1. The zero-order chi connectivity index (χ0) is 16.4. The molecule has 120 valence electrons. The van der Waals surface area contributed by atoms with Crippen LogP contribution in [-0.2, 0) is 9.59 Å². The van der Waals surface area contributed by atoms with E-state index >= 15 is 0 Å². The lowest BCUT2D eigenvalue weighted by atomic mass is 9.86. The van der Waals surface area contributed by atoms with E-state index < -0.39 is 23.9 Å². The Labute approximate surface area is 132 Å². The van der Waals surface area contributed by atoms with Crippen LogP contribution in [0.1, 0.15) is 18.0 Å². The highest BCUT2D eigenvalue weighted by atomic mass is 16.4. The minimum absolute atomic E-state index is 0.200. The van der Waals surface area contributed by atoms with Gasteiger partial charge in [0.2, 0.25) is 0 Å². The average molecular weight is 315 g/mol. The molecule has 0 amide bonds. The fourth-order valence-corrected chi connectivity index (χ4v) is 3.13. The summed E-state index contributed by atoms with van der Waals surface area (Å²) in [5.74, 6) is -2.08. The molecule has 2 heterocycles. The minimum atomic E-state index is -1.03. The predicted octanol–water partition coefficient (Wildman–Crippen LogP) is 1.31. The number of carboxylic acid groups (broad SMARTS) is 2. The van der Waals surface area contributed by atoms with Gasteiger partial charge in [-0.05, 0) is 0 Å². The van der Waals surface area contributed by atoms with Gasteiger partial charge < -0.3 is 20.5 Å². The highest BCUT2D eigenvalue weighted by Crippen LogP contribution is 2.34. The lowest BCUT2D eigenvalue weighted by Crippen LogP contribution is -2.36. The molecule has 1 fully saturated rings. The molecule has 1 aliphatic heterocycles. The molecule has 0 saturated carbocycles. The molecular formula is C16H17N3O4. The number of carboxylic acids is 2. The molecule has 7 heteroatoms. The molecule has 1 aromatic heterocycles. The average Bonchev–Trinajstić information content (AvgIpc) is 3.14. The third kappa shape index (κ3) is 3.09. The SMILES string of the molecule is O=C(O)C[C@@H]1[C@@H](C(=O)O)NC[C@H]1c1cnc(-c2ccccc2)[nH]1. The van der Waals surface area contributed by atoms with Gasteiger partial charge in [-0.3, -0.25) is 9.59 Å². The number of aliphatic carboxylic acids is 2. The number of nitrogens with zero attached hydrogens (tertiary/aromatic N) is 1. The van der Waals surface area contributed by atoms with E-state index in [1.807, 2.05) is 30.3 Å². The molecule has 0 radical (unpaired) electrons. The normalized spacial score (nSPS) is 23.7. The standard InChI is InChI=1S/C16H17N3O4/c20-13(21)6-10-11(7-17-14(10)16(22)23)12-8-18-15(19-12)9-4-2-1-3-5-9/h1-5,8,10-11,14,17H,6-7H2,(H,18,19)(H,20,21)(H,22,23)/t10-,11+,14-/m0/s1. The summed E-state index contributed by atoms with van der Waals surface area (Å²) in [4.78, 5) is 29.9. The van der Waals surface area contributed by atoms with Crippen LogP contribution < -0.4 is 5.32 Å². The van der Waals surface area contributed by atoms with Crippen LogP contribution in [0.4, 0.5) is 0 Å². The molecule has 0 bridgehead atoms. The second kappa shape index (κ2) is 6.21. The van der Waals surface area contributed by atoms with Crippen LogP contribution in [0.2, 0.25) is 0 Å². The molecule has 7 nitrogen and oxygen atoms in total. The van der Waals surface area contributed by atoms with E-state index in [0.29, 0.717) is 12.4 Å². The Morgan fingerprint density at radius 1 is 1.22 bits per heavy atom. The van der Waals surface area contributed by atoms with Crippen molar-refractivity contribution in [2.45, 2.75) is 18.4 Å². The Hall–Kier alpha value is -2.67. The number of rotatable bonds is 5. The van der Waals surface area contributed by atoms with Crippen LogP contribution in [-0.4, -0.2) is 44.7 Å². The first kappa shape index (κ1) is 15.2. The molecular weight excluding hydrogens is 298 g/mol. The zero-order valence-corrected chi connectivity index (χ0v) is 12.3. The number of hydrogen-bond donors (Lipinski definition) is 4. The van der Waals surface area contributed by atoms with Crippen molar-refractivity contribution in [1.82, 2.24) is 15.3 Å². The van der Waals surface area contributed by atoms with Gasteiger partial charge in [0.15, 0.2) is 0 Å². The molecule has 1 aliphatic rings. The van der Waals surface area contributed by atoms with Crippen molar-refractivity contribution in [3.8, 4) is 11.4 Å². The van der Waals surface area contributed by atoms with Crippen molar-refractivity contribution < 1.29 is 19.8 Å². The minimum Gasteiger partial charge on any atom is -0.481 e. The van der Waals surface area contributed by atoms with Crippen molar-refractivity contribution in [2.24, 2.45) is 5.92 Å². The van der Waals surface area contributed by atoms with Crippen LogP contribution in [0, 0.1) is 5.92 Å². The fraction of sp³-hybridized carbons (Fsp3) is 0.312. The summed E-state index contributed by atoms with van der Waals surface area (Å²) in [6.45, 7) is 0.408. The van der Waals surface area contributed by atoms with E-state index in [4.69, 9.17) is 5.11 Å². The second-order valence-electron chi connectivity index (χ2n) is 5.65. The van der Waals surface area contributed by atoms with E-state index in [9.17, 15) is 14.7 Å². The van der Waals surface area contributed by atoms with E-state index in [2.05, 4.69) is 15.3 Å². The first-order valence-corrected chi connectivity index (χ1v) is 7.34. The number of benzene rings is 1. The molecule has 1 aromatic carbocycles. The summed E-state index contributed by atoms with van der Waals surface area (Å²) in [5, 5.41) is 21.2. The number of aromatic amines is 1. The van der Waals surface area contributed by atoms with E-state index in [0.717, 1.165) is 11.3 Å². The van der Waals surface area contributed by atoms with Gasteiger partial charge in [0.25, 0.3) is 0 Å². The van der Waals surface area contributed by atoms with Gasteiger partial charge in [0.1, 0.15) is 11.9 Å². The van der Waals surface area contributed by atoms with Crippen LogP contribution in [0.3, 0.4) is 0 Å². The summed E-state index contributed by atoms with van der Waals surface area (Å²) >= 11 is 0. The Morgan fingerprint density at radius 3 is 2.61 bits per heavy atom. The van der Waals surface area contributed by atoms with Gasteiger partial charge in [-0.15, -0.1) is 0 Å². The molecule has 0 unspecified atom stereocenters. The topological polar surface area (TPSA) is 115 Å². The number of nitrogens with one attached hydrogen (secondary N) is 2. The Balaban J connectivity index is 1.87. The monoisotopic (exact) mass is 315 g/mol. The van der Waals surface area contributed by atoms with E-state index in [1.165, 1.54) is 0 Å². The van der Waals surface area contributed by atoms with Crippen molar-refractivity contribution in [3.63, 3.8) is 0 Å². The largest absolute Gasteiger partial charge is 0.481 e. The zero-order valence-electron chi connectivity index (χ0n) is 12.3. The maximum Gasteiger partial charge on any atom is 0.321 e. The summed E-state index contributed by atoms with van der Waals surface area (Å²) in [5.41, 5.74) is 1.68. The third-order valence-corrected chi connectivity index (χ3v) is 4.22. The molecule has 0 spiro atoms. The van der Waals surface area contributed by atoms with Crippen LogP contribution >= 0.6 is 0 Å². The highest BCUT2D eigenvalue weighted by molar-refractivity contribution is 5.76. The van der Waals surface area contributed by atoms with Gasteiger partial charge >= 0.3 is 11.9 Å². The number of carbonyl (C=O) groups is 2. The van der Waals surface area contributed by atoms with Gasteiger partial charge in [-0.25, -0.2) is 4.98 Å². The highest BCUT2D eigenvalue weighted by Gasteiger charge is 2.42. The molecule has 1 saturated heterocycles. The molecule has 3 atom stereocenters. The van der Waals surface area contributed by atoms with Crippen LogP contribution in [0.15, 0.2) is 36.5 Å². The molecule has 4 N–H and O–H groups in total.